The molecule has 3 nitrogen and oxygen atoms in total. The molecule has 0 aromatic heterocycles. The number of hydrogen-bond acceptors (Lipinski definition) is 2. The molecule has 0 spiro atoms. The maximum atomic E-state index is 13.3. The summed E-state index contributed by atoms with van der Waals surface area (Å²) in [6, 6.07) is 3.94. The van der Waals surface area contributed by atoms with Crippen LogP contribution in [-0.4, -0.2) is 23.2 Å². The van der Waals surface area contributed by atoms with Crippen LogP contribution in [0, 0.1) is 17.7 Å². The van der Waals surface area contributed by atoms with E-state index in [-0.39, 0.29) is 18.1 Å². The van der Waals surface area contributed by atoms with Crippen molar-refractivity contribution in [2.45, 2.75) is 45.6 Å². The van der Waals surface area contributed by atoms with Crippen molar-refractivity contribution in [2.75, 3.05) is 6.61 Å². The summed E-state index contributed by atoms with van der Waals surface area (Å²) >= 11 is 0. The Morgan fingerprint density at radius 3 is 2.62 bits per heavy atom. The Morgan fingerprint density at radius 2 is 2.05 bits per heavy atom. The van der Waals surface area contributed by atoms with E-state index < -0.39 is 5.82 Å². The molecular weight excluding hydrogens is 269 g/mol. The number of aliphatic hydroxyl groups is 1. The predicted octanol–water partition coefficient (Wildman–Crippen LogP) is 2.87. The minimum atomic E-state index is -0.436. The number of carbonyl (C=O) groups is 1. The van der Waals surface area contributed by atoms with Crippen molar-refractivity contribution >= 4 is 5.91 Å². The number of aliphatic hydroxyl groups excluding tert-OH is 1. The quantitative estimate of drug-likeness (QED) is 0.820. The molecule has 0 fully saturated rings. The summed E-state index contributed by atoms with van der Waals surface area (Å²) in [7, 11) is 0. The van der Waals surface area contributed by atoms with Crippen molar-refractivity contribution < 1.29 is 14.3 Å². The number of halogens is 1. The number of nitrogens with one attached hydrogen (secondary N) is 1. The lowest BCUT2D eigenvalue weighted by atomic mass is 9.94. The summed E-state index contributed by atoms with van der Waals surface area (Å²) < 4.78 is 13.3. The molecule has 0 heterocycles. The van der Waals surface area contributed by atoms with Crippen LogP contribution in [0.1, 0.15) is 56.0 Å². The number of hydrogen-bond donors (Lipinski definition) is 2. The summed E-state index contributed by atoms with van der Waals surface area (Å²) in [5.41, 5.74) is 0.409. The van der Waals surface area contributed by atoms with Gasteiger partial charge >= 0.3 is 0 Å². The molecule has 1 rings (SSSR count). The first-order chi connectivity index (χ1) is 9.95. The van der Waals surface area contributed by atoms with Crippen molar-refractivity contribution in [3.63, 3.8) is 0 Å². The van der Waals surface area contributed by atoms with E-state index in [0.717, 1.165) is 12.8 Å². The fourth-order valence-corrected chi connectivity index (χ4v) is 1.80. The average Bonchev–Trinajstić information content (AvgIpc) is 2.47. The summed E-state index contributed by atoms with van der Waals surface area (Å²) in [6.45, 7) is 5.94. The second-order valence-electron chi connectivity index (χ2n) is 5.19. The van der Waals surface area contributed by atoms with Crippen molar-refractivity contribution in [2.24, 2.45) is 0 Å². The lowest BCUT2D eigenvalue weighted by Crippen LogP contribution is -2.45. The number of rotatable bonds is 5. The predicted molar refractivity (Wildman–Crippen MR) is 81.4 cm³/mol. The van der Waals surface area contributed by atoms with Crippen LogP contribution in [0.5, 0.6) is 0 Å². The van der Waals surface area contributed by atoms with E-state index >= 15 is 0 Å². The van der Waals surface area contributed by atoms with Gasteiger partial charge in [0.15, 0.2) is 0 Å². The van der Waals surface area contributed by atoms with Gasteiger partial charge in [0.05, 0.1) is 12.2 Å². The second kappa shape index (κ2) is 7.80. The second-order valence-corrected chi connectivity index (χ2v) is 5.19. The van der Waals surface area contributed by atoms with Gasteiger partial charge in [0, 0.05) is 17.5 Å². The molecule has 0 saturated carbocycles. The first kappa shape index (κ1) is 17.2. The number of carbonyl (C=O) groups excluding carboxylic acids is 1. The molecule has 1 amide bonds. The molecule has 2 N–H and O–H groups in total. The molecule has 21 heavy (non-hydrogen) atoms. The SMILES string of the molecule is CCC(C)(CC)NC(=O)c1ccc(F)cc1C#CCCO. The fraction of sp³-hybridized carbons (Fsp3) is 0.471. The number of benzene rings is 1. The normalized spacial score (nSPS) is 10.7. The van der Waals surface area contributed by atoms with Gasteiger partial charge in [0.2, 0.25) is 0 Å². The van der Waals surface area contributed by atoms with Gasteiger partial charge in [-0.1, -0.05) is 25.7 Å². The van der Waals surface area contributed by atoms with E-state index in [4.69, 9.17) is 5.11 Å². The standard InChI is InChI=1S/C17H22FNO2/c1-4-17(3,5-2)19-16(21)15-10-9-14(18)12-13(15)8-6-7-11-20/h9-10,12,20H,4-5,7,11H2,1-3H3,(H,19,21). The summed E-state index contributed by atoms with van der Waals surface area (Å²) in [6.07, 6.45) is 1.91. The Hall–Kier alpha value is -1.86. The molecule has 0 radical (unpaired) electrons. The lowest BCUT2D eigenvalue weighted by Gasteiger charge is -2.28. The molecule has 0 unspecified atom stereocenters. The third kappa shape index (κ3) is 4.87. The topological polar surface area (TPSA) is 49.3 Å². The van der Waals surface area contributed by atoms with Gasteiger partial charge in [-0.05, 0) is 38.0 Å². The molecule has 0 atom stereocenters. The van der Waals surface area contributed by atoms with E-state index in [2.05, 4.69) is 17.2 Å². The van der Waals surface area contributed by atoms with Gasteiger partial charge in [0.25, 0.3) is 5.91 Å². The van der Waals surface area contributed by atoms with Crippen LogP contribution in [0.15, 0.2) is 18.2 Å². The summed E-state index contributed by atoms with van der Waals surface area (Å²) in [5, 5.41) is 11.7. The zero-order valence-corrected chi connectivity index (χ0v) is 12.8. The molecule has 4 heteroatoms. The zero-order chi connectivity index (χ0) is 15.9. The molecule has 0 saturated heterocycles. The van der Waals surface area contributed by atoms with Crippen LogP contribution in [-0.2, 0) is 0 Å². The van der Waals surface area contributed by atoms with Crippen LogP contribution in [0.4, 0.5) is 4.39 Å². The average molecular weight is 291 g/mol. The molecule has 0 aliphatic heterocycles. The Kier molecular flexibility index (Phi) is 6.39. The van der Waals surface area contributed by atoms with Gasteiger partial charge in [0.1, 0.15) is 5.82 Å². The zero-order valence-electron chi connectivity index (χ0n) is 12.8. The minimum absolute atomic E-state index is 0.0619. The minimum Gasteiger partial charge on any atom is -0.395 e. The molecular formula is C17H22FNO2. The lowest BCUT2D eigenvalue weighted by molar-refractivity contribution is 0.0901. The van der Waals surface area contributed by atoms with Gasteiger partial charge in [-0.25, -0.2) is 4.39 Å². The Labute approximate surface area is 125 Å². The fourth-order valence-electron chi connectivity index (χ4n) is 1.80. The van der Waals surface area contributed by atoms with Gasteiger partial charge in [-0.15, -0.1) is 0 Å². The van der Waals surface area contributed by atoms with Crippen LogP contribution in [0.2, 0.25) is 0 Å². The molecule has 1 aromatic carbocycles. The van der Waals surface area contributed by atoms with Crippen molar-refractivity contribution in [3.8, 4) is 11.8 Å². The highest BCUT2D eigenvalue weighted by molar-refractivity contribution is 5.97. The smallest absolute Gasteiger partial charge is 0.252 e. The van der Waals surface area contributed by atoms with E-state index in [0.29, 0.717) is 17.5 Å². The van der Waals surface area contributed by atoms with E-state index in [9.17, 15) is 9.18 Å². The highest BCUT2D eigenvalue weighted by Gasteiger charge is 2.23. The van der Waals surface area contributed by atoms with E-state index in [1.54, 1.807) is 0 Å². The molecule has 0 bridgehead atoms. The maximum Gasteiger partial charge on any atom is 0.252 e. The van der Waals surface area contributed by atoms with E-state index in [1.807, 2.05) is 20.8 Å². The summed E-state index contributed by atoms with van der Waals surface area (Å²) in [4.78, 5) is 12.4. The molecule has 0 aliphatic carbocycles. The highest BCUT2D eigenvalue weighted by Crippen LogP contribution is 2.17. The summed E-state index contributed by atoms with van der Waals surface area (Å²) in [5.74, 6) is 4.77. The Bertz CT molecular complexity index is 554. The van der Waals surface area contributed by atoms with Crippen LogP contribution < -0.4 is 5.32 Å². The van der Waals surface area contributed by atoms with Crippen LogP contribution >= 0.6 is 0 Å². The van der Waals surface area contributed by atoms with E-state index in [1.165, 1.54) is 18.2 Å². The van der Waals surface area contributed by atoms with Crippen molar-refractivity contribution in [1.82, 2.24) is 5.32 Å². The Balaban J connectivity index is 3.07. The maximum absolute atomic E-state index is 13.3. The molecule has 1 aromatic rings. The van der Waals surface area contributed by atoms with Crippen molar-refractivity contribution in [3.05, 3.63) is 35.1 Å². The third-order valence-corrected chi connectivity index (χ3v) is 3.66. The highest BCUT2D eigenvalue weighted by atomic mass is 19.1. The monoisotopic (exact) mass is 291 g/mol. The largest absolute Gasteiger partial charge is 0.395 e. The van der Waals surface area contributed by atoms with Gasteiger partial charge < -0.3 is 10.4 Å². The third-order valence-electron chi connectivity index (χ3n) is 3.66. The molecule has 0 aliphatic rings. The van der Waals surface area contributed by atoms with Gasteiger partial charge in [-0.3, -0.25) is 4.79 Å². The first-order valence-corrected chi connectivity index (χ1v) is 7.17. The number of amides is 1. The Morgan fingerprint density at radius 1 is 1.38 bits per heavy atom. The van der Waals surface area contributed by atoms with Crippen molar-refractivity contribution in [1.29, 1.82) is 0 Å². The van der Waals surface area contributed by atoms with Crippen LogP contribution in [0.25, 0.3) is 0 Å². The van der Waals surface area contributed by atoms with Gasteiger partial charge in [-0.2, -0.15) is 0 Å². The van der Waals surface area contributed by atoms with Crippen LogP contribution in [0.3, 0.4) is 0 Å². The first-order valence-electron chi connectivity index (χ1n) is 7.17. The molecule has 114 valence electrons.